The standard InChI is InChI=1S/C14H14BrN3O/c15-11-5-3-10(4-6-11)12-8-16-14(17-12)13-2-1-7-18(13)9-19/h3-6,8-9,13H,1-2,7H2,(H,16,17). The van der Waals surface area contributed by atoms with E-state index < -0.39 is 0 Å². The molecule has 0 bridgehead atoms. The highest BCUT2D eigenvalue weighted by Gasteiger charge is 2.27. The van der Waals surface area contributed by atoms with Gasteiger partial charge in [-0.05, 0) is 25.0 Å². The fourth-order valence-electron chi connectivity index (χ4n) is 2.48. The van der Waals surface area contributed by atoms with Gasteiger partial charge in [0, 0.05) is 22.8 Å². The molecule has 0 spiro atoms. The normalized spacial score (nSPS) is 18.8. The van der Waals surface area contributed by atoms with Crippen molar-refractivity contribution in [3.05, 3.63) is 40.8 Å². The van der Waals surface area contributed by atoms with Gasteiger partial charge < -0.3 is 9.88 Å². The number of hydrogen-bond acceptors (Lipinski definition) is 2. The quantitative estimate of drug-likeness (QED) is 0.883. The molecule has 98 valence electrons. The summed E-state index contributed by atoms with van der Waals surface area (Å²) in [5.41, 5.74) is 1.99. The zero-order valence-electron chi connectivity index (χ0n) is 10.3. The zero-order valence-corrected chi connectivity index (χ0v) is 11.9. The summed E-state index contributed by atoms with van der Waals surface area (Å²) in [6.45, 7) is 0.822. The Hall–Kier alpha value is -1.62. The average Bonchev–Trinajstić information content (AvgIpc) is 3.07. The fourth-order valence-corrected chi connectivity index (χ4v) is 2.75. The Bertz CT molecular complexity index is 579. The van der Waals surface area contributed by atoms with Crippen LogP contribution in [0, 0.1) is 0 Å². The Morgan fingerprint density at radius 1 is 1.37 bits per heavy atom. The van der Waals surface area contributed by atoms with E-state index in [4.69, 9.17) is 0 Å². The number of carbonyl (C=O) groups excluding carboxylic acids is 1. The minimum Gasteiger partial charge on any atom is -0.346 e. The van der Waals surface area contributed by atoms with Crippen LogP contribution in [0.25, 0.3) is 11.3 Å². The van der Waals surface area contributed by atoms with Gasteiger partial charge in [0.15, 0.2) is 0 Å². The van der Waals surface area contributed by atoms with Crippen LogP contribution in [0.2, 0.25) is 0 Å². The summed E-state index contributed by atoms with van der Waals surface area (Å²) in [6.07, 6.45) is 4.84. The molecule has 5 heteroatoms. The first-order valence-electron chi connectivity index (χ1n) is 6.30. The van der Waals surface area contributed by atoms with Gasteiger partial charge in [-0.2, -0.15) is 0 Å². The third-order valence-corrected chi connectivity index (χ3v) is 4.01. The SMILES string of the molecule is O=CN1CCCC1c1nc(-c2ccc(Br)cc2)c[nH]1. The molecule has 1 amide bonds. The second-order valence-corrected chi connectivity index (χ2v) is 5.59. The lowest BCUT2D eigenvalue weighted by Crippen LogP contribution is -2.21. The van der Waals surface area contributed by atoms with Gasteiger partial charge in [-0.25, -0.2) is 4.98 Å². The Morgan fingerprint density at radius 2 is 2.16 bits per heavy atom. The summed E-state index contributed by atoms with van der Waals surface area (Å²) in [5.74, 6) is 0.877. The second kappa shape index (κ2) is 5.17. The van der Waals surface area contributed by atoms with Crippen LogP contribution < -0.4 is 0 Å². The molecular weight excluding hydrogens is 306 g/mol. The molecule has 1 saturated heterocycles. The second-order valence-electron chi connectivity index (χ2n) is 4.68. The van der Waals surface area contributed by atoms with E-state index in [0.717, 1.165) is 47.4 Å². The number of H-pyrrole nitrogens is 1. The molecule has 1 fully saturated rings. The molecule has 2 heterocycles. The Kier molecular flexibility index (Phi) is 3.38. The molecule has 1 unspecified atom stereocenters. The van der Waals surface area contributed by atoms with Crippen molar-refractivity contribution in [3.8, 4) is 11.3 Å². The maximum Gasteiger partial charge on any atom is 0.210 e. The highest BCUT2D eigenvalue weighted by Crippen LogP contribution is 2.30. The molecule has 1 aliphatic heterocycles. The van der Waals surface area contributed by atoms with Gasteiger partial charge in [0.25, 0.3) is 0 Å². The summed E-state index contributed by atoms with van der Waals surface area (Å²) in [6, 6.07) is 8.14. The summed E-state index contributed by atoms with van der Waals surface area (Å²) in [4.78, 5) is 20.6. The fraction of sp³-hybridized carbons (Fsp3) is 0.286. The van der Waals surface area contributed by atoms with Gasteiger partial charge in [0.05, 0.1) is 11.7 Å². The predicted molar refractivity (Wildman–Crippen MR) is 76.5 cm³/mol. The van der Waals surface area contributed by atoms with Gasteiger partial charge in [-0.15, -0.1) is 0 Å². The number of benzene rings is 1. The molecule has 1 aliphatic rings. The van der Waals surface area contributed by atoms with E-state index in [1.807, 2.05) is 35.4 Å². The summed E-state index contributed by atoms with van der Waals surface area (Å²) >= 11 is 3.42. The Labute approximate surface area is 120 Å². The molecule has 1 aromatic heterocycles. The van der Waals surface area contributed by atoms with Crippen LogP contribution in [-0.4, -0.2) is 27.8 Å². The van der Waals surface area contributed by atoms with Crippen LogP contribution in [-0.2, 0) is 4.79 Å². The molecule has 1 aromatic carbocycles. The number of nitrogens with zero attached hydrogens (tertiary/aromatic N) is 2. The minimum atomic E-state index is 0.0988. The number of likely N-dealkylation sites (tertiary alicyclic amines) is 1. The smallest absolute Gasteiger partial charge is 0.210 e. The van der Waals surface area contributed by atoms with Crippen LogP contribution in [0.5, 0.6) is 0 Å². The highest BCUT2D eigenvalue weighted by molar-refractivity contribution is 9.10. The van der Waals surface area contributed by atoms with E-state index in [-0.39, 0.29) is 6.04 Å². The molecule has 19 heavy (non-hydrogen) atoms. The van der Waals surface area contributed by atoms with E-state index in [1.165, 1.54) is 0 Å². The van der Waals surface area contributed by atoms with Crippen LogP contribution in [0.3, 0.4) is 0 Å². The number of amides is 1. The van der Waals surface area contributed by atoms with Gasteiger partial charge >= 0.3 is 0 Å². The van der Waals surface area contributed by atoms with E-state index in [9.17, 15) is 4.79 Å². The molecule has 1 atom stereocenters. The molecule has 0 saturated carbocycles. The minimum absolute atomic E-state index is 0.0988. The van der Waals surface area contributed by atoms with Gasteiger partial charge in [-0.3, -0.25) is 4.79 Å². The maximum atomic E-state index is 11.0. The summed E-state index contributed by atoms with van der Waals surface area (Å²) in [7, 11) is 0. The molecule has 1 N–H and O–H groups in total. The molecule has 3 rings (SSSR count). The van der Waals surface area contributed by atoms with Crippen LogP contribution in [0.15, 0.2) is 34.9 Å². The third kappa shape index (κ3) is 2.42. The Morgan fingerprint density at radius 3 is 2.89 bits per heavy atom. The number of rotatable bonds is 3. The zero-order chi connectivity index (χ0) is 13.2. The van der Waals surface area contributed by atoms with Crippen LogP contribution in [0.4, 0.5) is 0 Å². The molecule has 0 radical (unpaired) electrons. The first kappa shape index (κ1) is 12.4. The summed E-state index contributed by atoms with van der Waals surface area (Å²) in [5, 5.41) is 0. The maximum absolute atomic E-state index is 11.0. The number of halogens is 1. The van der Waals surface area contributed by atoms with E-state index in [1.54, 1.807) is 0 Å². The molecule has 2 aromatic rings. The van der Waals surface area contributed by atoms with Crippen molar-refractivity contribution in [1.29, 1.82) is 0 Å². The number of aromatic amines is 1. The number of carbonyl (C=O) groups is 1. The predicted octanol–water partition coefficient (Wildman–Crippen LogP) is 3.13. The van der Waals surface area contributed by atoms with Gasteiger partial charge in [0.2, 0.25) is 6.41 Å². The number of aromatic nitrogens is 2. The number of nitrogens with one attached hydrogen (secondary N) is 1. The monoisotopic (exact) mass is 319 g/mol. The van der Waals surface area contributed by atoms with Crippen molar-refractivity contribution < 1.29 is 4.79 Å². The lowest BCUT2D eigenvalue weighted by Gasteiger charge is -2.17. The lowest BCUT2D eigenvalue weighted by molar-refractivity contribution is -0.119. The van der Waals surface area contributed by atoms with Crippen molar-refractivity contribution in [2.45, 2.75) is 18.9 Å². The van der Waals surface area contributed by atoms with E-state index >= 15 is 0 Å². The van der Waals surface area contributed by atoms with Crippen LogP contribution >= 0.6 is 15.9 Å². The van der Waals surface area contributed by atoms with Crippen molar-refractivity contribution in [2.24, 2.45) is 0 Å². The van der Waals surface area contributed by atoms with Crippen molar-refractivity contribution >= 4 is 22.3 Å². The van der Waals surface area contributed by atoms with Gasteiger partial charge in [0.1, 0.15) is 5.82 Å². The highest BCUT2D eigenvalue weighted by atomic mass is 79.9. The summed E-state index contributed by atoms with van der Waals surface area (Å²) < 4.78 is 1.05. The number of hydrogen-bond donors (Lipinski definition) is 1. The number of imidazole rings is 1. The lowest BCUT2D eigenvalue weighted by atomic mass is 10.2. The van der Waals surface area contributed by atoms with Crippen molar-refractivity contribution in [3.63, 3.8) is 0 Å². The largest absolute Gasteiger partial charge is 0.346 e. The van der Waals surface area contributed by atoms with E-state index in [0.29, 0.717) is 0 Å². The van der Waals surface area contributed by atoms with Gasteiger partial charge in [-0.1, -0.05) is 28.1 Å². The van der Waals surface area contributed by atoms with Crippen LogP contribution in [0.1, 0.15) is 24.7 Å². The molecule has 0 aliphatic carbocycles. The topological polar surface area (TPSA) is 49.0 Å². The molecular formula is C14H14BrN3O. The average molecular weight is 320 g/mol. The third-order valence-electron chi connectivity index (χ3n) is 3.48. The Balaban J connectivity index is 1.87. The van der Waals surface area contributed by atoms with E-state index in [2.05, 4.69) is 25.9 Å². The van der Waals surface area contributed by atoms with Crippen molar-refractivity contribution in [1.82, 2.24) is 14.9 Å². The molecule has 4 nitrogen and oxygen atoms in total. The first-order chi connectivity index (χ1) is 9.28. The van der Waals surface area contributed by atoms with Crippen molar-refractivity contribution in [2.75, 3.05) is 6.54 Å². The first-order valence-corrected chi connectivity index (χ1v) is 7.09.